The molecule has 3 heteroatoms. The number of anilines is 1. The Morgan fingerprint density at radius 1 is 0.909 bits per heavy atom. The lowest BCUT2D eigenvalue weighted by Gasteiger charge is -2.13. The molecule has 0 bridgehead atoms. The van der Waals surface area contributed by atoms with Crippen LogP contribution in [0, 0.1) is 0 Å². The molecule has 2 aromatic rings. The van der Waals surface area contributed by atoms with Crippen molar-refractivity contribution in [3.8, 4) is 0 Å². The Bertz CT molecular complexity index is 606. The molecule has 22 heavy (non-hydrogen) atoms. The molecule has 0 radical (unpaired) electrons. The maximum absolute atomic E-state index is 10.2. The molecule has 2 aromatic carbocycles. The molecular weight excluding hydrogens is 274 g/mol. The fraction of sp³-hybridized carbons (Fsp3) is 0.316. The number of hydrogen-bond donors (Lipinski definition) is 2. The number of carboxylic acids is 1. The Labute approximate surface area is 132 Å². The molecule has 0 aliphatic rings. The van der Waals surface area contributed by atoms with E-state index in [9.17, 15) is 4.79 Å². The zero-order chi connectivity index (χ0) is 16.5. The fourth-order valence-electron chi connectivity index (χ4n) is 2.53. The van der Waals surface area contributed by atoms with Gasteiger partial charge in [0.05, 0.1) is 5.56 Å². The molecule has 0 aromatic heterocycles. The van der Waals surface area contributed by atoms with E-state index in [1.807, 2.05) is 6.07 Å². The zero-order valence-electron chi connectivity index (χ0n) is 13.6. The molecule has 0 heterocycles. The SMILES string of the molecule is CCc1ccc(N)c(CC)c1CC.O=C(O)c1ccccc1. The van der Waals surface area contributed by atoms with E-state index in [-0.39, 0.29) is 0 Å². The number of rotatable bonds is 4. The van der Waals surface area contributed by atoms with Gasteiger partial charge in [0.2, 0.25) is 0 Å². The van der Waals surface area contributed by atoms with Crippen molar-refractivity contribution in [1.29, 1.82) is 0 Å². The smallest absolute Gasteiger partial charge is 0.335 e. The Kier molecular flexibility index (Phi) is 7.17. The summed E-state index contributed by atoms with van der Waals surface area (Å²) in [6.07, 6.45) is 3.25. The highest BCUT2D eigenvalue weighted by atomic mass is 16.4. The summed E-state index contributed by atoms with van der Waals surface area (Å²) >= 11 is 0. The second-order valence-electron chi connectivity index (χ2n) is 5.00. The van der Waals surface area contributed by atoms with Gasteiger partial charge in [-0.3, -0.25) is 0 Å². The zero-order valence-corrected chi connectivity index (χ0v) is 13.6. The van der Waals surface area contributed by atoms with Crippen LogP contribution >= 0.6 is 0 Å². The number of nitrogens with two attached hydrogens (primary N) is 1. The van der Waals surface area contributed by atoms with E-state index in [0.29, 0.717) is 5.56 Å². The van der Waals surface area contributed by atoms with Crippen molar-refractivity contribution in [2.24, 2.45) is 0 Å². The highest BCUT2D eigenvalue weighted by molar-refractivity contribution is 5.87. The van der Waals surface area contributed by atoms with Crippen LogP contribution in [0.15, 0.2) is 42.5 Å². The third-order valence-corrected chi connectivity index (χ3v) is 3.67. The van der Waals surface area contributed by atoms with Crippen molar-refractivity contribution in [2.75, 3.05) is 5.73 Å². The van der Waals surface area contributed by atoms with Gasteiger partial charge in [0, 0.05) is 5.69 Å². The molecule has 3 nitrogen and oxygen atoms in total. The predicted molar refractivity (Wildman–Crippen MR) is 92.4 cm³/mol. The van der Waals surface area contributed by atoms with Crippen LogP contribution < -0.4 is 5.73 Å². The first-order valence-corrected chi connectivity index (χ1v) is 7.72. The highest BCUT2D eigenvalue weighted by Gasteiger charge is 2.06. The normalized spacial score (nSPS) is 9.77. The van der Waals surface area contributed by atoms with Gasteiger partial charge in [-0.15, -0.1) is 0 Å². The molecule has 0 atom stereocenters. The van der Waals surface area contributed by atoms with Crippen LogP contribution in [0.1, 0.15) is 47.8 Å². The van der Waals surface area contributed by atoms with Crippen LogP contribution in [-0.4, -0.2) is 11.1 Å². The summed E-state index contributed by atoms with van der Waals surface area (Å²) < 4.78 is 0. The molecular formula is C19H25NO2. The molecule has 0 fully saturated rings. The average Bonchev–Trinajstić information content (AvgIpc) is 2.55. The molecule has 0 saturated carbocycles. The minimum atomic E-state index is -0.879. The summed E-state index contributed by atoms with van der Waals surface area (Å²) in [6, 6.07) is 12.5. The number of benzene rings is 2. The Balaban J connectivity index is 0.000000235. The quantitative estimate of drug-likeness (QED) is 0.825. The van der Waals surface area contributed by atoms with Gasteiger partial charge >= 0.3 is 5.97 Å². The maximum atomic E-state index is 10.2. The molecule has 0 unspecified atom stereocenters. The van der Waals surface area contributed by atoms with E-state index >= 15 is 0 Å². The monoisotopic (exact) mass is 299 g/mol. The number of nitrogen functional groups attached to an aromatic ring is 1. The van der Waals surface area contributed by atoms with E-state index in [4.69, 9.17) is 10.8 Å². The summed E-state index contributed by atoms with van der Waals surface area (Å²) in [7, 11) is 0. The van der Waals surface area contributed by atoms with Crippen molar-refractivity contribution >= 4 is 11.7 Å². The molecule has 0 saturated heterocycles. The van der Waals surface area contributed by atoms with Crippen molar-refractivity contribution in [3.05, 3.63) is 64.7 Å². The Morgan fingerprint density at radius 3 is 1.91 bits per heavy atom. The van der Waals surface area contributed by atoms with Crippen LogP contribution in [-0.2, 0) is 19.3 Å². The molecule has 118 valence electrons. The first-order valence-electron chi connectivity index (χ1n) is 7.72. The van der Waals surface area contributed by atoms with Crippen LogP contribution in [0.3, 0.4) is 0 Å². The number of hydrogen-bond acceptors (Lipinski definition) is 2. The van der Waals surface area contributed by atoms with Gasteiger partial charge in [-0.1, -0.05) is 45.0 Å². The first-order chi connectivity index (χ1) is 10.5. The van der Waals surface area contributed by atoms with Crippen LogP contribution in [0.2, 0.25) is 0 Å². The van der Waals surface area contributed by atoms with Crippen LogP contribution in [0.5, 0.6) is 0 Å². The summed E-state index contributed by atoms with van der Waals surface area (Å²) in [5.74, 6) is -0.879. The van der Waals surface area contributed by atoms with Crippen molar-refractivity contribution in [2.45, 2.75) is 40.0 Å². The number of aryl methyl sites for hydroxylation is 1. The fourth-order valence-corrected chi connectivity index (χ4v) is 2.53. The van der Waals surface area contributed by atoms with Crippen molar-refractivity contribution in [1.82, 2.24) is 0 Å². The van der Waals surface area contributed by atoms with E-state index in [0.717, 1.165) is 24.9 Å². The molecule has 0 aliphatic heterocycles. The van der Waals surface area contributed by atoms with E-state index in [1.54, 1.807) is 30.3 Å². The predicted octanol–water partition coefficient (Wildman–Crippen LogP) is 4.34. The number of aromatic carboxylic acids is 1. The first kappa shape index (κ1) is 17.8. The van der Waals surface area contributed by atoms with Gasteiger partial charge in [-0.05, 0) is 54.2 Å². The molecule has 3 N–H and O–H groups in total. The molecule has 0 spiro atoms. The lowest BCUT2D eigenvalue weighted by molar-refractivity contribution is 0.0697. The average molecular weight is 299 g/mol. The summed E-state index contributed by atoms with van der Waals surface area (Å²) in [5.41, 5.74) is 11.5. The van der Waals surface area contributed by atoms with Gasteiger partial charge in [0.1, 0.15) is 0 Å². The molecule has 0 aliphatic carbocycles. The lowest BCUT2D eigenvalue weighted by atomic mass is 9.94. The highest BCUT2D eigenvalue weighted by Crippen LogP contribution is 2.22. The van der Waals surface area contributed by atoms with Gasteiger partial charge in [-0.2, -0.15) is 0 Å². The summed E-state index contributed by atoms with van der Waals surface area (Å²) in [6.45, 7) is 6.57. The van der Waals surface area contributed by atoms with Crippen molar-refractivity contribution in [3.63, 3.8) is 0 Å². The maximum Gasteiger partial charge on any atom is 0.335 e. The van der Waals surface area contributed by atoms with E-state index in [2.05, 4.69) is 26.8 Å². The van der Waals surface area contributed by atoms with E-state index < -0.39 is 5.97 Å². The van der Waals surface area contributed by atoms with E-state index in [1.165, 1.54) is 16.7 Å². The topological polar surface area (TPSA) is 63.3 Å². The van der Waals surface area contributed by atoms with Crippen LogP contribution in [0.25, 0.3) is 0 Å². The number of carboxylic acid groups (broad SMARTS) is 1. The van der Waals surface area contributed by atoms with Gasteiger partial charge in [0.25, 0.3) is 0 Å². The van der Waals surface area contributed by atoms with Crippen LogP contribution in [0.4, 0.5) is 5.69 Å². The summed E-state index contributed by atoms with van der Waals surface area (Å²) in [5, 5.41) is 8.38. The van der Waals surface area contributed by atoms with Gasteiger partial charge in [-0.25, -0.2) is 4.79 Å². The summed E-state index contributed by atoms with van der Waals surface area (Å²) in [4.78, 5) is 10.2. The minimum absolute atomic E-state index is 0.331. The third kappa shape index (κ3) is 4.62. The molecule has 2 rings (SSSR count). The largest absolute Gasteiger partial charge is 0.478 e. The second-order valence-corrected chi connectivity index (χ2v) is 5.00. The Hall–Kier alpha value is -2.29. The lowest BCUT2D eigenvalue weighted by Crippen LogP contribution is -2.02. The molecule has 0 amide bonds. The third-order valence-electron chi connectivity index (χ3n) is 3.67. The minimum Gasteiger partial charge on any atom is -0.478 e. The standard InChI is InChI=1S/C12H19N.C7H6O2/c1-4-9-7-8-12(13)11(6-3)10(9)5-2;8-7(9)6-4-2-1-3-5-6/h7-8H,4-6,13H2,1-3H3;1-5H,(H,8,9). The Morgan fingerprint density at radius 2 is 1.50 bits per heavy atom. The number of carbonyl (C=O) groups is 1. The van der Waals surface area contributed by atoms with Crippen molar-refractivity contribution < 1.29 is 9.90 Å². The second kappa shape index (κ2) is 8.88. The van der Waals surface area contributed by atoms with Gasteiger partial charge < -0.3 is 10.8 Å². The van der Waals surface area contributed by atoms with Gasteiger partial charge in [0.15, 0.2) is 0 Å².